The van der Waals surface area contributed by atoms with Gasteiger partial charge in [0.05, 0.1) is 28.7 Å². The predicted molar refractivity (Wildman–Crippen MR) is 80.4 cm³/mol. The van der Waals surface area contributed by atoms with Crippen molar-refractivity contribution in [3.05, 3.63) is 35.4 Å². The Bertz CT molecular complexity index is 630. The van der Waals surface area contributed by atoms with Gasteiger partial charge in [-0.2, -0.15) is 0 Å². The third-order valence-electron chi connectivity index (χ3n) is 4.67. The molecule has 0 bridgehead atoms. The van der Waals surface area contributed by atoms with Crippen LogP contribution in [0.3, 0.4) is 0 Å². The van der Waals surface area contributed by atoms with Crippen LogP contribution in [0.2, 0.25) is 5.02 Å². The van der Waals surface area contributed by atoms with Gasteiger partial charge >= 0.3 is 0 Å². The molecule has 20 heavy (non-hydrogen) atoms. The van der Waals surface area contributed by atoms with Crippen LogP contribution < -0.4 is 5.32 Å². The number of rotatable bonds is 1. The molecule has 2 unspecified atom stereocenters. The third-order valence-corrected chi connectivity index (χ3v) is 4.87. The van der Waals surface area contributed by atoms with E-state index in [4.69, 9.17) is 11.6 Å². The number of aromatic nitrogens is 2. The molecule has 1 aliphatic carbocycles. The summed E-state index contributed by atoms with van der Waals surface area (Å²) >= 11 is 6.17. The lowest BCUT2D eigenvalue weighted by molar-refractivity contribution is 0.0370. The molecule has 2 aliphatic rings. The number of pyridine rings is 1. The van der Waals surface area contributed by atoms with Gasteiger partial charge in [-0.3, -0.25) is 0 Å². The second kappa shape index (κ2) is 4.88. The molecule has 0 amide bonds. The Labute approximate surface area is 128 Å². The summed E-state index contributed by atoms with van der Waals surface area (Å²) < 4.78 is 1.89. The minimum absolute atomic E-state index is 0. The zero-order valence-corrected chi connectivity index (χ0v) is 12.5. The lowest BCUT2D eigenvalue weighted by atomic mass is 9.90. The summed E-state index contributed by atoms with van der Waals surface area (Å²) in [6.45, 7) is 2.03. The van der Waals surface area contributed by atoms with Gasteiger partial charge < -0.3 is 14.8 Å². The molecule has 2 aromatic heterocycles. The first-order valence-electron chi connectivity index (χ1n) is 6.70. The second-order valence-electron chi connectivity index (χ2n) is 5.88. The van der Waals surface area contributed by atoms with E-state index in [1.54, 1.807) is 12.5 Å². The lowest BCUT2D eigenvalue weighted by Gasteiger charge is -2.25. The van der Waals surface area contributed by atoms with Crippen LogP contribution in [0.25, 0.3) is 5.52 Å². The van der Waals surface area contributed by atoms with Crippen molar-refractivity contribution in [2.75, 3.05) is 13.1 Å². The molecule has 2 N–H and O–H groups in total. The van der Waals surface area contributed by atoms with Crippen LogP contribution in [0.4, 0.5) is 0 Å². The zero-order chi connectivity index (χ0) is 13.0. The summed E-state index contributed by atoms with van der Waals surface area (Å²) in [6, 6.07) is 1.90. The largest absolute Gasteiger partial charge is 0.385 e. The number of imidazole rings is 1. The van der Waals surface area contributed by atoms with Crippen molar-refractivity contribution in [2.45, 2.75) is 18.4 Å². The number of fused-ring (bicyclic) bond motifs is 2. The average Bonchev–Trinajstić information content (AvgIpc) is 3.01. The van der Waals surface area contributed by atoms with Crippen LogP contribution in [-0.2, 0) is 5.60 Å². The first-order valence-corrected chi connectivity index (χ1v) is 7.08. The predicted octanol–water partition coefficient (Wildman–Crippen LogP) is 2.23. The number of hydrogen-bond donors (Lipinski definition) is 2. The van der Waals surface area contributed by atoms with Crippen molar-refractivity contribution >= 4 is 29.5 Å². The molecule has 4 nitrogen and oxygen atoms in total. The summed E-state index contributed by atoms with van der Waals surface area (Å²) in [5, 5.41) is 15.1. The minimum atomic E-state index is -0.760. The third kappa shape index (κ3) is 2.02. The topological polar surface area (TPSA) is 49.6 Å². The van der Waals surface area contributed by atoms with Crippen LogP contribution in [0.15, 0.2) is 24.8 Å². The molecule has 2 aromatic rings. The van der Waals surface area contributed by atoms with Gasteiger partial charge in [-0.05, 0) is 43.8 Å². The van der Waals surface area contributed by atoms with Crippen molar-refractivity contribution in [3.63, 3.8) is 0 Å². The van der Waals surface area contributed by atoms with Gasteiger partial charge in [0.15, 0.2) is 0 Å². The first-order chi connectivity index (χ1) is 9.16. The smallest absolute Gasteiger partial charge is 0.0992 e. The van der Waals surface area contributed by atoms with Crippen molar-refractivity contribution in [2.24, 2.45) is 11.8 Å². The van der Waals surface area contributed by atoms with Gasteiger partial charge in [0, 0.05) is 11.8 Å². The molecular formula is C14H17Cl2N3O. The molecule has 0 radical (unpaired) electrons. The normalized spacial score (nSPS) is 32.3. The molecule has 0 spiro atoms. The molecule has 2 fully saturated rings. The highest BCUT2D eigenvalue weighted by atomic mass is 35.5. The molecule has 1 saturated heterocycles. The van der Waals surface area contributed by atoms with Gasteiger partial charge in [0.2, 0.25) is 0 Å². The number of nitrogens with one attached hydrogen (secondary N) is 1. The van der Waals surface area contributed by atoms with Crippen molar-refractivity contribution < 1.29 is 5.11 Å². The summed E-state index contributed by atoms with van der Waals surface area (Å²) in [6.07, 6.45) is 6.98. The van der Waals surface area contributed by atoms with Gasteiger partial charge in [0.25, 0.3) is 0 Å². The average molecular weight is 314 g/mol. The molecule has 6 heteroatoms. The van der Waals surface area contributed by atoms with Crippen LogP contribution in [-0.4, -0.2) is 27.6 Å². The number of nitrogens with zero attached hydrogens (tertiary/aromatic N) is 2. The van der Waals surface area contributed by atoms with E-state index in [0.29, 0.717) is 16.9 Å². The Kier molecular flexibility index (Phi) is 3.45. The lowest BCUT2D eigenvalue weighted by Crippen LogP contribution is -2.26. The first kappa shape index (κ1) is 14.1. The van der Waals surface area contributed by atoms with E-state index >= 15 is 0 Å². The molecule has 2 atom stereocenters. The number of aliphatic hydroxyl groups is 1. The maximum Gasteiger partial charge on any atom is 0.0992 e. The standard InChI is InChI=1S/C14H16ClN3O.ClH/c15-11-1-12(13-6-17-8-18(13)7-11)14(19)2-9-4-16-5-10(9)3-14;/h1,6-10,16,19H,2-5H2;1H. The van der Waals surface area contributed by atoms with E-state index in [9.17, 15) is 5.11 Å². The van der Waals surface area contributed by atoms with Crippen molar-refractivity contribution in [3.8, 4) is 0 Å². The highest BCUT2D eigenvalue weighted by molar-refractivity contribution is 6.30. The van der Waals surface area contributed by atoms with Crippen molar-refractivity contribution in [1.29, 1.82) is 0 Å². The fourth-order valence-electron chi connectivity index (χ4n) is 3.81. The van der Waals surface area contributed by atoms with E-state index in [1.165, 1.54) is 0 Å². The number of hydrogen-bond acceptors (Lipinski definition) is 3. The fraction of sp³-hybridized carbons (Fsp3) is 0.500. The van der Waals surface area contributed by atoms with E-state index in [0.717, 1.165) is 37.0 Å². The van der Waals surface area contributed by atoms with Crippen LogP contribution >= 0.6 is 24.0 Å². The van der Waals surface area contributed by atoms with E-state index < -0.39 is 5.60 Å². The highest BCUT2D eigenvalue weighted by Crippen LogP contribution is 2.48. The molecule has 0 aromatic carbocycles. The Balaban J connectivity index is 0.00000121. The SMILES string of the molecule is Cl.OC1(c2cc(Cl)cn3cncc23)CC2CNCC2C1. The van der Waals surface area contributed by atoms with Crippen LogP contribution in [0, 0.1) is 11.8 Å². The highest BCUT2D eigenvalue weighted by Gasteiger charge is 2.47. The van der Waals surface area contributed by atoms with Crippen LogP contribution in [0.5, 0.6) is 0 Å². The van der Waals surface area contributed by atoms with E-state index in [1.807, 2.05) is 16.7 Å². The minimum Gasteiger partial charge on any atom is -0.385 e. The van der Waals surface area contributed by atoms with Gasteiger partial charge in [-0.25, -0.2) is 4.98 Å². The summed E-state index contributed by atoms with van der Waals surface area (Å²) in [4.78, 5) is 4.16. The fourth-order valence-corrected chi connectivity index (χ4v) is 4.02. The zero-order valence-electron chi connectivity index (χ0n) is 10.9. The molecule has 4 rings (SSSR count). The van der Waals surface area contributed by atoms with Crippen molar-refractivity contribution in [1.82, 2.24) is 14.7 Å². The Hall–Kier alpha value is -0.810. The van der Waals surface area contributed by atoms with Gasteiger partial charge in [-0.15, -0.1) is 12.4 Å². The summed E-state index contributed by atoms with van der Waals surface area (Å²) in [5.74, 6) is 1.15. The van der Waals surface area contributed by atoms with Gasteiger partial charge in [-0.1, -0.05) is 11.6 Å². The molecule has 1 saturated carbocycles. The second-order valence-corrected chi connectivity index (χ2v) is 6.31. The molecule has 1 aliphatic heterocycles. The quantitative estimate of drug-likeness (QED) is 0.849. The Morgan fingerprint density at radius 3 is 2.75 bits per heavy atom. The molecular weight excluding hydrogens is 297 g/mol. The van der Waals surface area contributed by atoms with Gasteiger partial charge in [0.1, 0.15) is 0 Å². The molecule has 3 heterocycles. The Morgan fingerprint density at radius 1 is 1.35 bits per heavy atom. The molecule has 108 valence electrons. The van der Waals surface area contributed by atoms with E-state index in [2.05, 4.69) is 10.3 Å². The van der Waals surface area contributed by atoms with E-state index in [-0.39, 0.29) is 12.4 Å². The summed E-state index contributed by atoms with van der Waals surface area (Å²) in [5.41, 5.74) is 1.12. The summed E-state index contributed by atoms with van der Waals surface area (Å²) in [7, 11) is 0. The maximum atomic E-state index is 11.1. The monoisotopic (exact) mass is 313 g/mol. The maximum absolute atomic E-state index is 11.1. The van der Waals surface area contributed by atoms with Crippen LogP contribution in [0.1, 0.15) is 18.4 Å². The Morgan fingerprint density at radius 2 is 2.05 bits per heavy atom. The number of halogens is 2.